The summed E-state index contributed by atoms with van der Waals surface area (Å²) in [6, 6.07) is 5.23. The van der Waals surface area contributed by atoms with Gasteiger partial charge >= 0.3 is 0 Å². The van der Waals surface area contributed by atoms with Crippen molar-refractivity contribution in [3.63, 3.8) is 0 Å². The Morgan fingerprint density at radius 2 is 1.81 bits per heavy atom. The molecule has 1 aromatic carbocycles. The highest BCUT2D eigenvalue weighted by atomic mass is 19.1. The van der Waals surface area contributed by atoms with Gasteiger partial charge in [0.05, 0.1) is 13.2 Å². The molecule has 0 bridgehead atoms. The first-order valence-electron chi connectivity index (χ1n) is 8.32. The fraction of sp³-hybridized carbons (Fsp3) is 0.471. The molecule has 142 valence electrons. The Hall–Kier alpha value is -2.68. The first kappa shape index (κ1) is 19.6. The highest BCUT2D eigenvalue weighted by molar-refractivity contribution is 5.87. The average molecular weight is 367 g/mol. The monoisotopic (exact) mass is 367 g/mol. The van der Waals surface area contributed by atoms with Crippen molar-refractivity contribution in [2.45, 2.75) is 25.9 Å². The Morgan fingerprint density at radius 1 is 1.15 bits per heavy atom. The zero-order valence-electron chi connectivity index (χ0n) is 14.5. The first-order valence-corrected chi connectivity index (χ1v) is 8.32. The number of nitrogens with zero attached hydrogens (tertiary/aromatic N) is 1. The van der Waals surface area contributed by atoms with E-state index >= 15 is 0 Å². The van der Waals surface area contributed by atoms with Crippen molar-refractivity contribution >= 4 is 17.7 Å². The number of morpholine rings is 1. The Bertz CT molecular complexity index is 632. The molecular weight excluding hydrogens is 345 g/mol. The lowest BCUT2D eigenvalue weighted by Crippen LogP contribution is -2.47. The summed E-state index contributed by atoms with van der Waals surface area (Å²) in [6.45, 7) is 3.54. The molecule has 8 nitrogen and oxygen atoms in total. The van der Waals surface area contributed by atoms with Crippen LogP contribution in [-0.2, 0) is 19.1 Å². The van der Waals surface area contributed by atoms with E-state index < -0.39 is 23.7 Å². The highest BCUT2D eigenvalue weighted by Crippen LogP contribution is 2.12. The van der Waals surface area contributed by atoms with Gasteiger partial charge in [-0.2, -0.15) is 0 Å². The topological polar surface area (TPSA) is 97.0 Å². The van der Waals surface area contributed by atoms with Crippen molar-refractivity contribution in [2.24, 2.45) is 0 Å². The van der Waals surface area contributed by atoms with E-state index in [0.717, 1.165) is 0 Å². The van der Waals surface area contributed by atoms with Gasteiger partial charge < -0.3 is 14.4 Å². The number of carbonyl (C=O) groups is 3. The summed E-state index contributed by atoms with van der Waals surface area (Å²) in [5, 5.41) is 0. The summed E-state index contributed by atoms with van der Waals surface area (Å²) >= 11 is 0. The number of hydrogen-bond acceptors (Lipinski definition) is 5. The molecule has 1 aromatic rings. The second kappa shape index (κ2) is 9.71. The number of nitrogens with one attached hydrogen (secondary N) is 2. The summed E-state index contributed by atoms with van der Waals surface area (Å²) in [7, 11) is 0. The summed E-state index contributed by atoms with van der Waals surface area (Å²) in [5.41, 5.74) is 4.48. The van der Waals surface area contributed by atoms with E-state index in [2.05, 4.69) is 10.9 Å². The van der Waals surface area contributed by atoms with Gasteiger partial charge in [0.2, 0.25) is 11.8 Å². The first-order chi connectivity index (χ1) is 12.5. The van der Waals surface area contributed by atoms with Crippen LogP contribution in [0.3, 0.4) is 0 Å². The molecule has 0 aromatic heterocycles. The number of hydrogen-bond donors (Lipinski definition) is 2. The van der Waals surface area contributed by atoms with E-state index in [-0.39, 0.29) is 18.7 Å². The van der Waals surface area contributed by atoms with Crippen LogP contribution in [-0.4, -0.2) is 55.0 Å². The lowest BCUT2D eigenvalue weighted by atomic mass is 10.2. The van der Waals surface area contributed by atoms with Gasteiger partial charge in [-0.3, -0.25) is 25.2 Å². The van der Waals surface area contributed by atoms with Gasteiger partial charge in [0, 0.05) is 25.9 Å². The quantitative estimate of drug-likeness (QED) is 0.709. The SMILES string of the molecule is C[C@@H](Oc1ccc(F)cc1)C(=O)NNC(=O)CCC(=O)N1CCOCC1. The van der Waals surface area contributed by atoms with Gasteiger partial charge in [-0.1, -0.05) is 0 Å². The van der Waals surface area contributed by atoms with E-state index in [1.165, 1.54) is 31.2 Å². The molecule has 2 rings (SSSR count). The maximum absolute atomic E-state index is 12.8. The van der Waals surface area contributed by atoms with Crippen molar-refractivity contribution in [1.29, 1.82) is 0 Å². The number of ether oxygens (including phenoxy) is 2. The summed E-state index contributed by atoms with van der Waals surface area (Å²) < 4.78 is 23.3. The van der Waals surface area contributed by atoms with Crippen LogP contribution in [0.4, 0.5) is 4.39 Å². The largest absolute Gasteiger partial charge is 0.481 e. The molecule has 2 N–H and O–H groups in total. The highest BCUT2D eigenvalue weighted by Gasteiger charge is 2.19. The van der Waals surface area contributed by atoms with Gasteiger partial charge in [0.25, 0.3) is 5.91 Å². The molecule has 9 heteroatoms. The third-order valence-electron chi connectivity index (χ3n) is 3.75. The smallest absolute Gasteiger partial charge is 0.279 e. The van der Waals surface area contributed by atoms with Gasteiger partial charge in [-0.15, -0.1) is 0 Å². The molecule has 3 amide bonds. The summed E-state index contributed by atoms with van der Waals surface area (Å²) in [6.07, 6.45) is -0.872. The molecule has 1 aliphatic rings. The average Bonchev–Trinajstić information content (AvgIpc) is 2.66. The number of halogens is 1. The molecular formula is C17H22FN3O5. The zero-order valence-corrected chi connectivity index (χ0v) is 14.5. The molecule has 1 aliphatic heterocycles. The molecule has 1 saturated heterocycles. The summed E-state index contributed by atoms with van der Waals surface area (Å²) in [5.74, 6) is -1.25. The van der Waals surface area contributed by atoms with Crippen LogP contribution in [0.2, 0.25) is 0 Å². The van der Waals surface area contributed by atoms with E-state index in [1.54, 1.807) is 4.90 Å². The third-order valence-corrected chi connectivity index (χ3v) is 3.75. The van der Waals surface area contributed by atoms with Crippen LogP contribution in [0.15, 0.2) is 24.3 Å². The van der Waals surface area contributed by atoms with Gasteiger partial charge in [0.15, 0.2) is 6.10 Å². The number of carbonyl (C=O) groups excluding carboxylic acids is 3. The second-order valence-corrected chi connectivity index (χ2v) is 5.74. The molecule has 1 heterocycles. The van der Waals surface area contributed by atoms with Crippen LogP contribution >= 0.6 is 0 Å². The maximum atomic E-state index is 12.8. The van der Waals surface area contributed by atoms with Crippen LogP contribution in [0.1, 0.15) is 19.8 Å². The van der Waals surface area contributed by atoms with Crippen LogP contribution < -0.4 is 15.6 Å². The molecule has 1 atom stereocenters. The van der Waals surface area contributed by atoms with E-state index in [0.29, 0.717) is 32.1 Å². The van der Waals surface area contributed by atoms with Crippen molar-refractivity contribution < 1.29 is 28.2 Å². The summed E-state index contributed by atoms with van der Waals surface area (Å²) in [4.78, 5) is 37.2. The van der Waals surface area contributed by atoms with Crippen molar-refractivity contribution in [1.82, 2.24) is 15.8 Å². The van der Waals surface area contributed by atoms with Gasteiger partial charge in [-0.05, 0) is 31.2 Å². The molecule has 0 radical (unpaired) electrons. The molecule has 0 aliphatic carbocycles. The standard InChI is InChI=1S/C17H22FN3O5/c1-12(26-14-4-2-13(18)3-5-14)17(24)20-19-15(22)6-7-16(23)21-8-10-25-11-9-21/h2-5,12H,6-11H2,1H3,(H,19,22)(H,20,24)/t12-/m1/s1. The second-order valence-electron chi connectivity index (χ2n) is 5.74. The van der Waals surface area contributed by atoms with Crippen LogP contribution in [0, 0.1) is 5.82 Å². The lowest BCUT2D eigenvalue weighted by Gasteiger charge is -2.26. The minimum absolute atomic E-state index is 0.0380. The minimum atomic E-state index is -0.893. The third kappa shape index (κ3) is 6.32. The number of benzene rings is 1. The minimum Gasteiger partial charge on any atom is -0.481 e. The molecule has 0 spiro atoms. The van der Waals surface area contributed by atoms with Crippen molar-refractivity contribution in [2.75, 3.05) is 26.3 Å². The van der Waals surface area contributed by atoms with Gasteiger partial charge in [0.1, 0.15) is 11.6 Å². The normalized spacial score (nSPS) is 15.1. The van der Waals surface area contributed by atoms with E-state index in [4.69, 9.17) is 9.47 Å². The van der Waals surface area contributed by atoms with E-state index in [9.17, 15) is 18.8 Å². The van der Waals surface area contributed by atoms with Gasteiger partial charge in [-0.25, -0.2) is 4.39 Å². The number of rotatable bonds is 6. The zero-order chi connectivity index (χ0) is 18.9. The number of amides is 3. The predicted molar refractivity (Wildman–Crippen MR) is 89.4 cm³/mol. The fourth-order valence-electron chi connectivity index (χ4n) is 2.26. The Labute approximate surface area is 150 Å². The molecule has 26 heavy (non-hydrogen) atoms. The van der Waals surface area contributed by atoms with Crippen LogP contribution in [0.5, 0.6) is 5.75 Å². The number of hydrazine groups is 1. The lowest BCUT2D eigenvalue weighted by molar-refractivity contribution is -0.137. The van der Waals surface area contributed by atoms with E-state index in [1.807, 2.05) is 0 Å². The van der Waals surface area contributed by atoms with Crippen LogP contribution in [0.25, 0.3) is 0 Å². The Morgan fingerprint density at radius 3 is 2.46 bits per heavy atom. The van der Waals surface area contributed by atoms with Crippen molar-refractivity contribution in [3.05, 3.63) is 30.1 Å². The Kier molecular flexibility index (Phi) is 7.34. The molecule has 0 unspecified atom stereocenters. The molecule has 1 fully saturated rings. The Balaban J connectivity index is 1.66. The fourth-order valence-corrected chi connectivity index (χ4v) is 2.26. The predicted octanol–water partition coefficient (Wildman–Crippen LogP) is 0.379. The molecule has 0 saturated carbocycles. The maximum Gasteiger partial charge on any atom is 0.279 e. The van der Waals surface area contributed by atoms with Crippen molar-refractivity contribution in [3.8, 4) is 5.75 Å².